The molecule has 38 heavy (non-hydrogen) atoms. The lowest BCUT2D eigenvalue weighted by molar-refractivity contribution is 1.31. The number of halogens is 1. The molecule has 8 aromatic rings. The maximum Gasteiger partial charge on any atom is 0.0547 e. The SMILES string of the molecule is Clc1ccc2c(c1)sc1ccc(N(c3ccccc3)c3cc4c5ccccc5sc4c4ccccc34)cc12. The number of hydrogen-bond acceptors (Lipinski definition) is 3. The topological polar surface area (TPSA) is 3.24 Å². The first kappa shape index (κ1) is 22.1. The highest BCUT2D eigenvalue weighted by Crippen LogP contribution is 2.47. The predicted molar refractivity (Wildman–Crippen MR) is 169 cm³/mol. The van der Waals surface area contributed by atoms with E-state index in [9.17, 15) is 0 Å². The Balaban J connectivity index is 1.47. The molecule has 0 spiro atoms. The van der Waals surface area contributed by atoms with Crippen LogP contribution in [-0.4, -0.2) is 0 Å². The summed E-state index contributed by atoms with van der Waals surface area (Å²) >= 11 is 10.00. The van der Waals surface area contributed by atoms with E-state index in [1.807, 2.05) is 17.4 Å². The minimum absolute atomic E-state index is 0.776. The highest BCUT2D eigenvalue weighted by molar-refractivity contribution is 7.26. The molecule has 1 nitrogen and oxygen atoms in total. The molecule has 8 rings (SSSR count). The van der Waals surface area contributed by atoms with Gasteiger partial charge in [-0.1, -0.05) is 78.3 Å². The van der Waals surface area contributed by atoms with Crippen molar-refractivity contribution in [2.75, 3.05) is 4.90 Å². The van der Waals surface area contributed by atoms with Gasteiger partial charge in [0, 0.05) is 67.5 Å². The van der Waals surface area contributed by atoms with Crippen LogP contribution in [0.2, 0.25) is 5.02 Å². The molecule has 0 atom stereocenters. The van der Waals surface area contributed by atoms with Gasteiger partial charge in [-0.3, -0.25) is 0 Å². The molecule has 4 heteroatoms. The van der Waals surface area contributed by atoms with E-state index in [-0.39, 0.29) is 0 Å². The lowest BCUT2D eigenvalue weighted by atomic mass is 10.0. The van der Waals surface area contributed by atoms with Crippen molar-refractivity contribution < 1.29 is 0 Å². The summed E-state index contributed by atoms with van der Waals surface area (Å²) in [4.78, 5) is 2.41. The van der Waals surface area contributed by atoms with Crippen LogP contribution < -0.4 is 4.90 Å². The quantitative estimate of drug-likeness (QED) is 0.215. The van der Waals surface area contributed by atoms with Crippen LogP contribution in [0, 0.1) is 0 Å². The summed E-state index contributed by atoms with van der Waals surface area (Å²) in [5, 5.41) is 8.43. The molecule has 0 fully saturated rings. The second-order valence-electron chi connectivity index (χ2n) is 9.51. The maximum atomic E-state index is 6.32. The van der Waals surface area contributed by atoms with Crippen LogP contribution in [0.5, 0.6) is 0 Å². The van der Waals surface area contributed by atoms with Gasteiger partial charge in [0.1, 0.15) is 0 Å². The van der Waals surface area contributed by atoms with Crippen LogP contribution in [0.3, 0.4) is 0 Å². The highest BCUT2D eigenvalue weighted by atomic mass is 35.5. The fraction of sp³-hybridized carbons (Fsp3) is 0. The maximum absolute atomic E-state index is 6.32. The summed E-state index contributed by atoms with van der Waals surface area (Å²) in [5.41, 5.74) is 3.46. The van der Waals surface area contributed by atoms with Gasteiger partial charge >= 0.3 is 0 Å². The molecular weight excluding hydrogens is 522 g/mol. The molecule has 0 N–H and O–H groups in total. The predicted octanol–water partition coefficient (Wildman–Crippen LogP) is 11.7. The van der Waals surface area contributed by atoms with Gasteiger partial charge in [-0.15, -0.1) is 22.7 Å². The van der Waals surface area contributed by atoms with Crippen molar-refractivity contribution in [2.24, 2.45) is 0 Å². The van der Waals surface area contributed by atoms with E-state index < -0.39 is 0 Å². The van der Waals surface area contributed by atoms with Gasteiger partial charge < -0.3 is 4.90 Å². The van der Waals surface area contributed by atoms with Crippen LogP contribution in [-0.2, 0) is 0 Å². The van der Waals surface area contributed by atoms with Crippen LogP contribution in [0.25, 0.3) is 51.1 Å². The zero-order valence-corrected chi connectivity index (χ0v) is 22.6. The number of hydrogen-bond donors (Lipinski definition) is 0. The summed E-state index contributed by atoms with van der Waals surface area (Å²) in [6, 6.07) is 43.7. The first-order valence-electron chi connectivity index (χ1n) is 12.5. The number of anilines is 3. The number of fused-ring (bicyclic) bond motifs is 8. The average molecular weight is 542 g/mol. The Kier molecular flexibility index (Phi) is 4.99. The standard InChI is InChI=1S/C34H20ClNS2/c35-21-14-16-26-28-19-23(15-17-32(28)37-33(26)18-21)36(22-8-2-1-3-9-22)30-20-29-25-11-6-7-13-31(25)38-34(29)27-12-5-4-10-24(27)30/h1-20H. The number of thiophene rings is 2. The van der Waals surface area contributed by atoms with Gasteiger partial charge in [-0.2, -0.15) is 0 Å². The summed E-state index contributed by atoms with van der Waals surface area (Å²) in [7, 11) is 0. The molecule has 2 aromatic heterocycles. The summed E-state index contributed by atoms with van der Waals surface area (Å²) < 4.78 is 5.14. The number of nitrogens with zero attached hydrogens (tertiary/aromatic N) is 1. The Morgan fingerprint density at radius 3 is 2.03 bits per heavy atom. The Labute approximate surface area is 232 Å². The Morgan fingerprint density at radius 1 is 0.447 bits per heavy atom. The van der Waals surface area contributed by atoms with Crippen molar-refractivity contribution in [1.82, 2.24) is 0 Å². The number of para-hydroxylation sites is 1. The zero-order chi connectivity index (χ0) is 25.2. The van der Waals surface area contributed by atoms with Crippen LogP contribution >= 0.6 is 34.3 Å². The molecule has 6 aromatic carbocycles. The summed E-state index contributed by atoms with van der Waals surface area (Å²) in [5.74, 6) is 0. The first-order chi connectivity index (χ1) is 18.7. The average Bonchev–Trinajstić information content (AvgIpc) is 3.51. The second kappa shape index (κ2) is 8.57. The first-order valence-corrected chi connectivity index (χ1v) is 14.6. The normalized spacial score (nSPS) is 11.8. The molecule has 0 saturated heterocycles. The van der Waals surface area contributed by atoms with Crippen LogP contribution in [0.4, 0.5) is 17.1 Å². The van der Waals surface area contributed by atoms with Crippen molar-refractivity contribution in [3.63, 3.8) is 0 Å². The van der Waals surface area contributed by atoms with Crippen molar-refractivity contribution in [2.45, 2.75) is 0 Å². The van der Waals surface area contributed by atoms with E-state index in [0.29, 0.717) is 0 Å². The minimum Gasteiger partial charge on any atom is -0.310 e. The van der Waals surface area contributed by atoms with Gasteiger partial charge in [0.05, 0.1) is 5.69 Å². The highest BCUT2D eigenvalue weighted by Gasteiger charge is 2.20. The lowest BCUT2D eigenvalue weighted by Crippen LogP contribution is -2.10. The van der Waals surface area contributed by atoms with Crippen molar-refractivity contribution in [1.29, 1.82) is 0 Å². The van der Waals surface area contributed by atoms with Crippen molar-refractivity contribution >= 4 is 102 Å². The van der Waals surface area contributed by atoms with E-state index in [1.165, 1.54) is 56.8 Å². The van der Waals surface area contributed by atoms with E-state index in [1.54, 1.807) is 11.3 Å². The number of benzene rings is 6. The molecule has 0 aliphatic heterocycles. The lowest BCUT2D eigenvalue weighted by Gasteiger charge is -2.27. The van der Waals surface area contributed by atoms with Crippen molar-refractivity contribution in [3.05, 3.63) is 126 Å². The van der Waals surface area contributed by atoms with Gasteiger partial charge in [0.2, 0.25) is 0 Å². The van der Waals surface area contributed by atoms with Gasteiger partial charge in [-0.25, -0.2) is 0 Å². The Bertz CT molecular complexity index is 2160. The minimum atomic E-state index is 0.776. The smallest absolute Gasteiger partial charge is 0.0547 e. The zero-order valence-electron chi connectivity index (χ0n) is 20.2. The molecule has 2 heterocycles. The van der Waals surface area contributed by atoms with Crippen LogP contribution in [0.15, 0.2) is 121 Å². The van der Waals surface area contributed by atoms with E-state index in [0.717, 1.165) is 16.4 Å². The fourth-order valence-corrected chi connectivity index (χ4v) is 8.18. The molecule has 0 saturated carbocycles. The third-order valence-electron chi connectivity index (χ3n) is 7.29. The molecule has 0 unspecified atom stereocenters. The molecule has 0 aliphatic rings. The van der Waals surface area contributed by atoms with E-state index >= 15 is 0 Å². The van der Waals surface area contributed by atoms with Gasteiger partial charge in [-0.05, 0) is 54.6 Å². The third-order valence-corrected chi connectivity index (χ3v) is 9.88. The molecule has 180 valence electrons. The molecule has 0 radical (unpaired) electrons. The third kappa shape index (κ3) is 3.36. The summed E-state index contributed by atoms with van der Waals surface area (Å²) in [6.07, 6.45) is 0. The van der Waals surface area contributed by atoms with Gasteiger partial charge in [0.15, 0.2) is 0 Å². The summed E-state index contributed by atoms with van der Waals surface area (Å²) in [6.45, 7) is 0. The molecule has 0 amide bonds. The van der Waals surface area contributed by atoms with Crippen LogP contribution in [0.1, 0.15) is 0 Å². The van der Waals surface area contributed by atoms with Crippen molar-refractivity contribution in [3.8, 4) is 0 Å². The molecular formula is C34H20ClNS2. The Morgan fingerprint density at radius 2 is 1.16 bits per heavy atom. The largest absolute Gasteiger partial charge is 0.310 e. The molecule has 0 aliphatic carbocycles. The second-order valence-corrected chi connectivity index (χ2v) is 12.1. The monoisotopic (exact) mass is 541 g/mol. The fourth-order valence-electron chi connectivity index (χ4n) is 5.60. The Hall–Kier alpha value is -3.89. The van der Waals surface area contributed by atoms with E-state index in [4.69, 9.17) is 11.6 Å². The van der Waals surface area contributed by atoms with E-state index in [2.05, 4.69) is 120 Å². The number of rotatable bonds is 3. The molecule has 0 bridgehead atoms. The van der Waals surface area contributed by atoms with Gasteiger partial charge in [0.25, 0.3) is 0 Å².